The van der Waals surface area contributed by atoms with E-state index in [1.807, 2.05) is 6.20 Å². The Balaban J connectivity index is 1.98. The molecule has 0 aliphatic heterocycles. The van der Waals surface area contributed by atoms with Gasteiger partial charge in [-0.15, -0.1) is 10.2 Å². The zero-order chi connectivity index (χ0) is 10.7. The number of hydrogen-bond acceptors (Lipinski definition) is 5. The van der Waals surface area contributed by atoms with Gasteiger partial charge in [-0.25, -0.2) is 4.98 Å². The van der Waals surface area contributed by atoms with Gasteiger partial charge in [0.15, 0.2) is 5.16 Å². The molecule has 0 spiro atoms. The van der Waals surface area contributed by atoms with Gasteiger partial charge in [-0.2, -0.15) is 0 Å². The predicted molar refractivity (Wildman–Crippen MR) is 56.5 cm³/mol. The van der Waals surface area contributed by atoms with Crippen molar-refractivity contribution >= 4 is 11.8 Å². The highest BCUT2D eigenvalue weighted by Gasteiger charge is 2.06. The van der Waals surface area contributed by atoms with Crippen molar-refractivity contribution in [1.82, 2.24) is 19.7 Å². The van der Waals surface area contributed by atoms with Crippen LogP contribution in [0.25, 0.3) is 0 Å². The largest absolute Gasteiger partial charge is 0.425 e. The van der Waals surface area contributed by atoms with Crippen LogP contribution >= 0.6 is 11.8 Å². The second-order valence-electron chi connectivity index (χ2n) is 3.00. The number of nitrogens with zero attached hydrogens (tertiary/aromatic N) is 4. The molecule has 15 heavy (non-hydrogen) atoms. The van der Waals surface area contributed by atoms with Gasteiger partial charge >= 0.3 is 0 Å². The fourth-order valence-corrected chi connectivity index (χ4v) is 2.06. The molecule has 0 radical (unpaired) electrons. The monoisotopic (exact) mass is 224 g/mol. The number of thioether (sulfide) groups is 1. The van der Waals surface area contributed by atoms with Gasteiger partial charge in [0.25, 0.3) is 0 Å². The van der Waals surface area contributed by atoms with E-state index in [2.05, 4.69) is 26.7 Å². The molecule has 5 nitrogen and oxygen atoms in total. The third kappa shape index (κ3) is 2.38. The van der Waals surface area contributed by atoms with Crippen LogP contribution in [0.4, 0.5) is 0 Å². The highest BCUT2D eigenvalue weighted by molar-refractivity contribution is 7.98. The number of hydrogen-bond donors (Lipinski definition) is 0. The van der Waals surface area contributed by atoms with Crippen molar-refractivity contribution in [3.8, 4) is 0 Å². The molecule has 2 aromatic heterocycles. The van der Waals surface area contributed by atoms with Gasteiger partial charge in [0.2, 0.25) is 11.8 Å². The summed E-state index contributed by atoms with van der Waals surface area (Å²) in [7, 11) is 0. The Morgan fingerprint density at radius 1 is 1.47 bits per heavy atom. The summed E-state index contributed by atoms with van der Waals surface area (Å²) >= 11 is 1.60. The maximum atomic E-state index is 5.28. The Hall–Kier alpha value is -1.30. The second-order valence-corrected chi connectivity index (χ2v) is 3.94. The summed E-state index contributed by atoms with van der Waals surface area (Å²) in [6, 6.07) is 0. The number of aromatic nitrogens is 4. The second kappa shape index (κ2) is 4.48. The average molecular weight is 224 g/mol. The summed E-state index contributed by atoms with van der Waals surface area (Å²) in [5, 5.41) is 8.68. The fraction of sp³-hybridized carbons (Fsp3) is 0.444. The number of rotatable bonds is 4. The average Bonchev–Trinajstić information content (AvgIpc) is 2.83. The van der Waals surface area contributed by atoms with Crippen LogP contribution in [0.2, 0.25) is 0 Å². The van der Waals surface area contributed by atoms with Gasteiger partial charge < -0.3 is 8.98 Å². The van der Waals surface area contributed by atoms with Gasteiger partial charge in [-0.3, -0.25) is 0 Å². The summed E-state index contributed by atoms with van der Waals surface area (Å²) < 4.78 is 7.35. The normalized spacial score (nSPS) is 10.8. The molecule has 0 fully saturated rings. The lowest BCUT2D eigenvalue weighted by Crippen LogP contribution is -1.94. The first-order valence-corrected chi connectivity index (χ1v) is 5.71. The Morgan fingerprint density at radius 2 is 2.33 bits per heavy atom. The highest BCUT2D eigenvalue weighted by Crippen LogP contribution is 2.20. The minimum Gasteiger partial charge on any atom is -0.425 e. The van der Waals surface area contributed by atoms with E-state index in [0.717, 1.165) is 11.7 Å². The fourth-order valence-electron chi connectivity index (χ4n) is 1.20. The third-order valence-corrected chi connectivity index (χ3v) is 2.90. The Bertz CT molecular complexity index is 437. The predicted octanol–water partition coefficient (Wildman–Crippen LogP) is 1.89. The third-order valence-electron chi connectivity index (χ3n) is 1.91. The lowest BCUT2D eigenvalue weighted by molar-refractivity contribution is 0.485. The molecule has 6 heteroatoms. The molecule has 0 aliphatic rings. The van der Waals surface area contributed by atoms with Gasteiger partial charge in [0, 0.05) is 25.9 Å². The van der Waals surface area contributed by atoms with Crippen molar-refractivity contribution in [1.29, 1.82) is 0 Å². The molecular formula is C9H12N4OS. The van der Waals surface area contributed by atoms with Crippen molar-refractivity contribution < 1.29 is 4.42 Å². The summed E-state index contributed by atoms with van der Waals surface area (Å²) in [6.07, 6.45) is 3.76. The van der Waals surface area contributed by atoms with Crippen molar-refractivity contribution in [3.05, 3.63) is 24.2 Å². The van der Waals surface area contributed by atoms with E-state index >= 15 is 0 Å². The lowest BCUT2D eigenvalue weighted by atomic mass is 10.7. The first-order valence-electron chi connectivity index (χ1n) is 4.72. The minimum atomic E-state index is 0.601. The van der Waals surface area contributed by atoms with Crippen LogP contribution in [0.5, 0.6) is 0 Å². The van der Waals surface area contributed by atoms with Crippen molar-refractivity contribution in [2.75, 3.05) is 0 Å². The maximum absolute atomic E-state index is 5.28. The van der Waals surface area contributed by atoms with Crippen LogP contribution in [0.3, 0.4) is 0 Å². The van der Waals surface area contributed by atoms with Crippen LogP contribution in [-0.2, 0) is 12.3 Å². The van der Waals surface area contributed by atoms with Gasteiger partial charge in [-0.1, -0.05) is 11.8 Å². The number of imidazole rings is 1. The van der Waals surface area contributed by atoms with Gasteiger partial charge in [0.1, 0.15) is 0 Å². The van der Waals surface area contributed by atoms with Crippen LogP contribution in [0, 0.1) is 6.92 Å². The summed E-state index contributed by atoms with van der Waals surface area (Å²) in [5.41, 5.74) is 0. The van der Waals surface area contributed by atoms with Crippen LogP contribution in [0.1, 0.15) is 18.7 Å². The van der Waals surface area contributed by atoms with E-state index in [0.29, 0.717) is 17.5 Å². The zero-order valence-corrected chi connectivity index (χ0v) is 9.49. The Morgan fingerprint density at radius 3 is 3.00 bits per heavy atom. The molecule has 0 bridgehead atoms. The van der Waals surface area contributed by atoms with Crippen molar-refractivity contribution in [3.63, 3.8) is 0 Å². The van der Waals surface area contributed by atoms with E-state index in [1.54, 1.807) is 24.9 Å². The molecule has 2 aromatic rings. The first-order chi connectivity index (χ1) is 7.29. The molecule has 0 atom stereocenters. The van der Waals surface area contributed by atoms with E-state index < -0.39 is 0 Å². The topological polar surface area (TPSA) is 56.7 Å². The standard InChI is InChI=1S/C9H12N4OS/c1-3-13-5-4-10-9(13)15-6-8-12-11-7(2)14-8/h4-5H,3,6H2,1-2H3. The zero-order valence-electron chi connectivity index (χ0n) is 8.67. The molecule has 0 aliphatic carbocycles. The minimum absolute atomic E-state index is 0.601. The summed E-state index contributed by atoms with van der Waals surface area (Å²) in [4.78, 5) is 4.24. The van der Waals surface area contributed by atoms with Crippen molar-refractivity contribution in [2.45, 2.75) is 31.3 Å². The SMILES string of the molecule is CCn1ccnc1SCc1nnc(C)o1. The molecule has 2 heterocycles. The van der Waals surface area contributed by atoms with Gasteiger partial charge in [-0.05, 0) is 6.92 Å². The smallest absolute Gasteiger partial charge is 0.226 e. The van der Waals surface area contributed by atoms with E-state index in [1.165, 1.54) is 0 Å². The maximum Gasteiger partial charge on any atom is 0.226 e. The van der Waals surface area contributed by atoms with Crippen molar-refractivity contribution in [2.24, 2.45) is 0 Å². The Kier molecular flexibility index (Phi) is 3.05. The number of aryl methyl sites for hydroxylation is 2. The van der Waals surface area contributed by atoms with Crippen LogP contribution in [0.15, 0.2) is 22.0 Å². The molecule has 80 valence electrons. The summed E-state index contributed by atoms with van der Waals surface area (Å²) in [5.74, 6) is 1.91. The molecule has 2 rings (SSSR count). The first kappa shape index (κ1) is 10.2. The quantitative estimate of drug-likeness (QED) is 0.742. The molecule has 0 saturated heterocycles. The summed E-state index contributed by atoms with van der Waals surface area (Å²) in [6.45, 7) is 4.79. The van der Waals surface area contributed by atoms with Gasteiger partial charge in [0.05, 0.1) is 5.75 Å². The molecule has 0 unspecified atom stereocenters. The highest BCUT2D eigenvalue weighted by atomic mass is 32.2. The molecule has 0 aromatic carbocycles. The van der Waals surface area contributed by atoms with E-state index in [-0.39, 0.29) is 0 Å². The Labute approximate surface area is 91.9 Å². The van der Waals surface area contributed by atoms with E-state index in [4.69, 9.17) is 4.42 Å². The lowest BCUT2D eigenvalue weighted by Gasteiger charge is -2.01. The molecule has 0 N–H and O–H groups in total. The van der Waals surface area contributed by atoms with E-state index in [9.17, 15) is 0 Å². The molecular weight excluding hydrogens is 212 g/mol. The van der Waals surface area contributed by atoms with Crippen LogP contribution < -0.4 is 0 Å². The molecule has 0 amide bonds. The molecule has 0 saturated carbocycles. The van der Waals surface area contributed by atoms with Crippen LogP contribution in [-0.4, -0.2) is 19.7 Å².